The molecule has 0 bridgehead atoms. The maximum absolute atomic E-state index is 13.6. The van der Waals surface area contributed by atoms with Crippen molar-refractivity contribution in [3.05, 3.63) is 58.1 Å². The van der Waals surface area contributed by atoms with Gasteiger partial charge in [-0.05, 0) is 62.1 Å². The highest BCUT2D eigenvalue weighted by molar-refractivity contribution is 7.92. The van der Waals surface area contributed by atoms with Crippen LogP contribution in [-0.4, -0.2) is 57.1 Å². The van der Waals surface area contributed by atoms with Gasteiger partial charge < -0.3 is 15.0 Å². The number of nitrogens with zero attached hydrogens (tertiary/aromatic N) is 2. The summed E-state index contributed by atoms with van der Waals surface area (Å²) < 4.78 is 31.6. The Bertz CT molecular complexity index is 1210. The van der Waals surface area contributed by atoms with Gasteiger partial charge in [0.15, 0.2) is 0 Å². The van der Waals surface area contributed by atoms with Crippen molar-refractivity contribution >= 4 is 50.7 Å². The van der Waals surface area contributed by atoms with E-state index in [9.17, 15) is 18.0 Å². The smallest absolute Gasteiger partial charge is 0.243 e. The van der Waals surface area contributed by atoms with Gasteiger partial charge in [-0.3, -0.25) is 13.9 Å². The highest BCUT2D eigenvalue weighted by atomic mass is 35.5. The number of nitrogens with one attached hydrogen (secondary N) is 1. The van der Waals surface area contributed by atoms with Crippen molar-refractivity contribution in [2.45, 2.75) is 65.1 Å². The predicted molar refractivity (Wildman–Crippen MR) is 153 cm³/mol. The van der Waals surface area contributed by atoms with E-state index in [2.05, 4.69) is 5.32 Å². The second-order valence-corrected chi connectivity index (χ2v) is 11.9. The maximum Gasteiger partial charge on any atom is 0.243 e. The minimum absolute atomic E-state index is 0.0213. The molecule has 0 fully saturated rings. The summed E-state index contributed by atoms with van der Waals surface area (Å²) in [5.74, 6) is 0.167. The van der Waals surface area contributed by atoms with Crippen molar-refractivity contribution in [3.63, 3.8) is 0 Å². The highest BCUT2D eigenvalue weighted by Crippen LogP contribution is 2.31. The molecule has 2 aromatic carbocycles. The molecule has 0 unspecified atom stereocenters. The zero-order chi connectivity index (χ0) is 28.5. The van der Waals surface area contributed by atoms with Crippen LogP contribution in [0.3, 0.4) is 0 Å². The van der Waals surface area contributed by atoms with Crippen molar-refractivity contribution in [2.24, 2.45) is 0 Å². The molecule has 0 heterocycles. The molecule has 0 radical (unpaired) electrons. The van der Waals surface area contributed by atoms with Gasteiger partial charge in [0.05, 0.1) is 24.1 Å². The number of hydrogen-bond donors (Lipinski definition) is 1. The van der Waals surface area contributed by atoms with Crippen LogP contribution in [0.1, 0.15) is 52.0 Å². The molecule has 0 aliphatic carbocycles. The molecule has 2 atom stereocenters. The fourth-order valence-corrected chi connectivity index (χ4v) is 5.39. The number of carbonyl (C=O) groups is 2. The predicted octanol–water partition coefficient (Wildman–Crippen LogP) is 5.27. The lowest BCUT2D eigenvalue weighted by atomic mass is 10.1. The normalized spacial score (nSPS) is 12.9. The summed E-state index contributed by atoms with van der Waals surface area (Å²) >= 11 is 12.3. The van der Waals surface area contributed by atoms with Crippen molar-refractivity contribution in [2.75, 3.05) is 24.2 Å². The molecule has 8 nitrogen and oxygen atoms in total. The molecule has 2 rings (SSSR count). The molecule has 11 heteroatoms. The van der Waals surface area contributed by atoms with Gasteiger partial charge in [-0.15, -0.1) is 0 Å². The molecule has 0 spiro atoms. The molecule has 0 saturated carbocycles. The van der Waals surface area contributed by atoms with E-state index in [4.69, 9.17) is 27.9 Å². The molecule has 0 saturated heterocycles. The summed E-state index contributed by atoms with van der Waals surface area (Å²) in [6.45, 7) is 5.98. The molecule has 210 valence electrons. The Morgan fingerprint density at radius 2 is 1.79 bits per heavy atom. The SMILES string of the molecule is CC[C@@H](C)NC(=O)[C@H](CC)N(Cc1cccc(OC)c1)C(=O)CCCN(c1cc(Cl)ccc1Cl)S(C)(=O)=O. The third kappa shape index (κ3) is 9.06. The summed E-state index contributed by atoms with van der Waals surface area (Å²) in [6.07, 6.45) is 2.51. The Kier molecular flexibility index (Phi) is 12.2. The minimum atomic E-state index is -3.70. The number of amides is 2. The first-order valence-electron chi connectivity index (χ1n) is 12.6. The average molecular weight is 587 g/mol. The molecule has 0 aromatic heterocycles. The molecule has 38 heavy (non-hydrogen) atoms. The number of anilines is 1. The van der Waals surface area contributed by atoms with Gasteiger partial charge >= 0.3 is 0 Å². The van der Waals surface area contributed by atoms with Gasteiger partial charge in [0, 0.05) is 30.6 Å². The first-order chi connectivity index (χ1) is 17.9. The Hall–Kier alpha value is -2.49. The van der Waals surface area contributed by atoms with E-state index in [1.807, 2.05) is 45.0 Å². The number of rotatable bonds is 14. The van der Waals surface area contributed by atoms with E-state index in [-0.39, 0.29) is 54.5 Å². The first-order valence-corrected chi connectivity index (χ1v) is 15.2. The number of sulfonamides is 1. The Labute approximate surface area is 236 Å². The second-order valence-electron chi connectivity index (χ2n) is 9.15. The summed E-state index contributed by atoms with van der Waals surface area (Å²) in [5, 5.41) is 3.56. The van der Waals surface area contributed by atoms with Crippen LogP contribution in [0.25, 0.3) is 0 Å². The second kappa shape index (κ2) is 14.6. The molecule has 2 amide bonds. The monoisotopic (exact) mass is 585 g/mol. The fourth-order valence-electron chi connectivity index (χ4n) is 3.99. The van der Waals surface area contributed by atoms with Gasteiger partial charge in [-0.25, -0.2) is 8.42 Å². The summed E-state index contributed by atoms with van der Waals surface area (Å²) in [4.78, 5) is 28.2. The van der Waals surface area contributed by atoms with Crippen LogP contribution >= 0.6 is 23.2 Å². The molecular formula is C27H37Cl2N3O5S. The van der Waals surface area contributed by atoms with E-state index >= 15 is 0 Å². The Morgan fingerprint density at radius 3 is 2.39 bits per heavy atom. The zero-order valence-corrected chi connectivity index (χ0v) is 24.9. The fraction of sp³-hybridized carbons (Fsp3) is 0.481. The first kappa shape index (κ1) is 31.7. The lowest BCUT2D eigenvalue weighted by molar-refractivity contribution is -0.141. The minimum Gasteiger partial charge on any atom is -0.497 e. The van der Waals surface area contributed by atoms with E-state index in [1.54, 1.807) is 18.1 Å². The number of ether oxygens (including phenoxy) is 1. The van der Waals surface area contributed by atoms with Crippen LogP contribution in [0.15, 0.2) is 42.5 Å². The van der Waals surface area contributed by atoms with Gasteiger partial charge in [0.25, 0.3) is 0 Å². The molecule has 0 aliphatic rings. The standard InChI is InChI=1S/C27H37Cl2N3O5S/c1-6-19(3)30-27(34)24(7-2)31(18-20-10-8-11-22(16-20)37-4)26(33)12-9-15-32(38(5,35)36)25-17-21(28)13-14-23(25)29/h8,10-11,13-14,16-17,19,24H,6-7,9,12,15,18H2,1-5H3,(H,30,34)/t19-,24+/m1/s1. The Morgan fingerprint density at radius 1 is 1.08 bits per heavy atom. The van der Waals surface area contributed by atoms with Crippen LogP contribution in [0, 0.1) is 0 Å². The maximum atomic E-state index is 13.6. The largest absolute Gasteiger partial charge is 0.497 e. The molecular weight excluding hydrogens is 549 g/mol. The van der Waals surface area contributed by atoms with Crippen molar-refractivity contribution < 1.29 is 22.7 Å². The molecule has 1 N–H and O–H groups in total. The summed E-state index contributed by atoms with van der Waals surface area (Å²) in [5.41, 5.74) is 1.07. The van der Waals surface area contributed by atoms with Gasteiger partial charge in [-0.1, -0.05) is 49.2 Å². The van der Waals surface area contributed by atoms with Crippen molar-refractivity contribution in [1.29, 1.82) is 0 Å². The topological polar surface area (TPSA) is 96.0 Å². The van der Waals surface area contributed by atoms with Crippen LogP contribution in [-0.2, 0) is 26.2 Å². The van der Waals surface area contributed by atoms with Crippen LogP contribution in [0.2, 0.25) is 10.0 Å². The van der Waals surface area contributed by atoms with Crippen LogP contribution in [0.4, 0.5) is 5.69 Å². The lowest BCUT2D eigenvalue weighted by Crippen LogP contribution is -2.50. The van der Waals surface area contributed by atoms with Gasteiger partial charge in [-0.2, -0.15) is 0 Å². The summed E-state index contributed by atoms with van der Waals surface area (Å²) in [7, 11) is -2.13. The van der Waals surface area contributed by atoms with E-state index in [0.717, 1.165) is 22.5 Å². The third-order valence-electron chi connectivity index (χ3n) is 6.20. The highest BCUT2D eigenvalue weighted by Gasteiger charge is 2.29. The number of benzene rings is 2. The zero-order valence-electron chi connectivity index (χ0n) is 22.5. The quantitative estimate of drug-likeness (QED) is 0.326. The van der Waals surface area contributed by atoms with Crippen LogP contribution in [0.5, 0.6) is 5.75 Å². The number of methoxy groups -OCH3 is 1. The van der Waals surface area contributed by atoms with Crippen molar-refractivity contribution in [3.8, 4) is 5.75 Å². The van der Waals surface area contributed by atoms with Crippen molar-refractivity contribution in [1.82, 2.24) is 10.2 Å². The molecule has 2 aromatic rings. The van der Waals surface area contributed by atoms with Gasteiger partial charge in [0.1, 0.15) is 11.8 Å². The lowest BCUT2D eigenvalue weighted by Gasteiger charge is -2.32. The van der Waals surface area contributed by atoms with E-state index in [0.29, 0.717) is 17.2 Å². The third-order valence-corrected chi connectivity index (χ3v) is 7.94. The van der Waals surface area contributed by atoms with Gasteiger partial charge in [0.2, 0.25) is 21.8 Å². The van der Waals surface area contributed by atoms with E-state index in [1.165, 1.54) is 12.1 Å². The van der Waals surface area contributed by atoms with E-state index < -0.39 is 16.1 Å². The molecule has 0 aliphatic heterocycles. The number of carbonyl (C=O) groups excluding carboxylic acids is 2. The number of hydrogen-bond acceptors (Lipinski definition) is 5. The average Bonchev–Trinajstić information content (AvgIpc) is 2.87. The van der Waals surface area contributed by atoms with Crippen LogP contribution < -0.4 is 14.4 Å². The Balaban J connectivity index is 2.28. The summed E-state index contributed by atoms with van der Waals surface area (Å²) in [6, 6.07) is 11.2. The number of halogens is 2.